The number of halogens is 3. The molecule has 0 atom stereocenters. The summed E-state index contributed by atoms with van der Waals surface area (Å²) in [5, 5.41) is 2.52. The van der Waals surface area contributed by atoms with Gasteiger partial charge in [-0.3, -0.25) is 4.79 Å². The molecule has 4 nitrogen and oxygen atoms in total. The van der Waals surface area contributed by atoms with Gasteiger partial charge in [0.25, 0.3) is 5.91 Å². The minimum absolute atomic E-state index is 0.0235. The van der Waals surface area contributed by atoms with Crippen LogP contribution in [0.2, 0.25) is 0 Å². The highest BCUT2D eigenvalue weighted by molar-refractivity contribution is 5.99. The fraction of sp³-hybridized carbons (Fsp3) is 0.417. The molecule has 1 aromatic carbocycles. The molecule has 1 amide bonds. The van der Waals surface area contributed by atoms with Gasteiger partial charge in [-0.2, -0.15) is 13.2 Å². The third kappa shape index (κ3) is 4.44. The molecule has 0 saturated heterocycles. The summed E-state index contributed by atoms with van der Waals surface area (Å²) in [5.74, 6) is -0.606. The first-order chi connectivity index (χ1) is 8.71. The molecule has 1 rings (SSSR count). The zero-order valence-electron chi connectivity index (χ0n) is 10.7. The van der Waals surface area contributed by atoms with Crippen LogP contribution in [0, 0.1) is 0 Å². The van der Waals surface area contributed by atoms with Gasteiger partial charge in [0, 0.05) is 18.8 Å². The van der Waals surface area contributed by atoms with Crippen molar-refractivity contribution in [1.82, 2.24) is 10.2 Å². The van der Waals surface area contributed by atoms with Crippen LogP contribution in [0.3, 0.4) is 0 Å². The van der Waals surface area contributed by atoms with Crippen molar-refractivity contribution >= 4 is 11.6 Å². The number of nitrogens with two attached hydrogens (primary N) is 1. The summed E-state index contributed by atoms with van der Waals surface area (Å²) in [6.45, 7) is 0.923. The highest BCUT2D eigenvalue weighted by Crippen LogP contribution is 2.31. The lowest BCUT2D eigenvalue weighted by Gasteiger charge is -2.13. The Morgan fingerprint density at radius 3 is 2.53 bits per heavy atom. The Bertz CT molecular complexity index is 458. The summed E-state index contributed by atoms with van der Waals surface area (Å²) in [6.07, 6.45) is -4.49. The molecule has 1 aromatic rings. The largest absolute Gasteiger partial charge is 0.416 e. The van der Waals surface area contributed by atoms with E-state index in [0.29, 0.717) is 13.1 Å². The number of carbonyl (C=O) groups is 1. The smallest absolute Gasteiger partial charge is 0.398 e. The molecule has 0 aliphatic carbocycles. The zero-order chi connectivity index (χ0) is 14.6. The van der Waals surface area contributed by atoms with Gasteiger partial charge in [0.2, 0.25) is 0 Å². The zero-order valence-corrected chi connectivity index (χ0v) is 10.7. The van der Waals surface area contributed by atoms with Crippen molar-refractivity contribution in [2.75, 3.05) is 32.9 Å². The molecule has 0 aliphatic rings. The third-order valence-electron chi connectivity index (χ3n) is 2.47. The molecule has 0 aromatic heterocycles. The number of carbonyl (C=O) groups excluding carboxylic acids is 1. The van der Waals surface area contributed by atoms with Crippen LogP contribution in [0.5, 0.6) is 0 Å². The van der Waals surface area contributed by atoms with Crippen LogP contribution in [-0.2, 0) is 6.18 Å². The predicted molar refractivity (Wildman–Crippen MR) is 66.7 cm³/mol. The SMILES string of the molecule is CN(C)CCNC(=O)c1cc(C(F)(F)F)ccc1N. The molecule has 19 heavy (non-hydrogen) atoms. The monoisotopic (exact) mass is 275 g/mol. The van der Waals surface area contributed by atoms with E-state index in [1.165, 1.54) is 0 Å². The molecule has 0 unspecified atom stereocenters. The molecule has 0 radical (unpaired) electrons. The number of nitrogens with zero attached hydrogens (tertiary/aromatic N) is 1. The Balaban J connectivity index is 2.84. The first-order valence-corrected chi connectivity index (χ1v) is 5.61. The van der Waals surface area contributed by atoms with Gasteiger partial charge in [-0.1, -0.05) is 0 Å². The maximum Gasteiger partial charge on any atom is 0.416 e. The highest BCUT2D eigenvalue weighted by atomic mass is 19.4. The van der Waals surface area contributed by atoms with Crippen LogP contribution in [0.25, 0.3) is 0 Å². The van der Waals surface area contributed by atoms with E-state index in [1.54, 1.807) is 0 Å². The molecule has 7 heteroatoms. The summed E-state index contributed by atoms with van der Waals surface area (Å²) >= 11 is 0. The van der Waals surface area contributed by atoms with Crippen LogP contribution < -0.4 is 11.1 Å². The highest BCUT2D eigenvalue weighted by Gasteiger charge is 2.31. The topological polar surface area (TPSA) is 58.4 Å². The normalized spacial score (nSPS) is 11.7. The lowest BCUT2D eigenvalue weighted by molar-refractivity contribution is -0.137. The van der Waals surface area contributed by atoms with Gasteiger partial charge < -0.3 is 16.0 Å². The molecule has 0 aliphatic heterocycles. The number of benzene rings is 1. The van der Waals surface area contributed by atoms with E-state index in [9.17, 15) is 18.0 Å². The first-order valence-electron chi connectivity index (χ1n) is 5.61. The maximum absolute atomic E-state index is 12.5. The van der Waals surface area contributed by atoms with Crippen molar-refractivity contribution < 1.29 is 18.0 Å². The molecule has 0 heterocycles. The molecular formula is C12H16F3N3O. The number of nitrogen functional groups attached to an aromatic ring is 1. The van der Waals surface area contributed by atoms with E-state index in [-0.39, 0.29) is 11.3 Å². The van der Waals surface area contributed by atoms with E-state index in [1.807, 2.05) is 19.0 Å². The average molecular weight is 275 g/mol. The minimum Gasteiger partial charge on any atom is -0.398 e. The van der Waals surface area contributed by atoms with Gasteiger partial charge in [-0.15, -0.1) is 0 Å². The lowest BCUT2D eigenvalue weighted by Crippen LogP contribution is -2.31. The van der Waals surface area contributed by atoms with E-state index >= 15 is 0 Å². The fourth-order valence-corrected chi connectivity index (χ4v) is 1.42. The van der Waals surface area contributed by atoms with Crippen molar-refractivity contribution in [1.29, 1.82) is 0 Å². The second-order valence-corrected chi connectivity index (χ2v) is 4.36. The van der Waals surface area contributed by atoms with Crippen LogP contribution in [0.4, 0.5) is 18.9 Å². The summed E-state index contributed by atoms with van der Waals surface area (Å²) in [6, 6.07) is 2.70. The molecule has 0 fully saturated rings. The average Bonchev–Trinajstić information content (AvgIpc) is 2.27. The van der Waals surface area contributed by atoms with Crippen LogP contribution >= 0.6 is 0 Å². The number of anilines is 1. The number of alkyl halides is 3. The van der Waals surface area contributed by atoms with Crippen molar-refractivity contribution in [3.63, 3.8) is 0 Å². The van der Waals surface area contributed by atoms with Gasteiger partial charge in [-0.25, -0.2) is 0 Å². The van der Waals surface area contributed by atoms with Crippen LogP contribution in [0.1, 0.15) is 15.9 Å². The van der Waals surface area contributed by atoms with Crippen molar-refractivity contribution in [3.05, 3.63) is 29.3 Å². The number of amides is 1. The molecule has 0 spiro atoms. The molecule has 106 valence electrons. The van der Waals surface area contributed by atoms with Gasteiger partial charge in [0.15, 0.2) is 0 Å². The van der Waals surface area contributed by atoms with Gasteiger partial charge >= 0.3 is 6.18 Å². The Labute approximate surface area is 109 Å². The summed E-state index contributed by atoms with van der Waals surface area (Å²) in [5.41, 5.74) is 4.50. The number of hydrogen-bond donors (Lipinski definition) is 2. The second kappa shape index (κ2) is 5.92. The number of hydrogen-bond acceptors (Lipinski definition) is 3. The standard InChI is InChI=1S/C12H16F3N3O/c1-18(2)6-5-17-11(19)9-7-8(12(13,14)15)3-4-10(9)16/h3-4,7H,5-6,16H2,1-2H3,(H,17,19). The van der Waals surface area contributed by atoms with Gasteiger partial charge in [0.05, 0.1) is 11.1 Å². The Hall–Kier alpha value is -1.76. The van der Waals surface area contributed by atoms with Gasteiger partial charge in [-0.05, 0) is 32.3 Å². The molecule has 0 bridgehead atoms. The second-order valence-electron chi connectivity index (χ2n) is 4.36. The molecule has 0 saturated carbocycles. The summed E-state index contributed by atoms with van der Waals surface area (Å²) < 4.78 is 37.6. The fourth-order valence-electron chi connectivity index (χ4n) is 1.42. The van der Waals surface area contributed by atoms with Crippen molar-refractivity contribution in [2.24, 2.45) is 0 Å². The predicted octanol–water partition coefficient (Wildman–Crippen LogP) is 1.58. The minimum atomic E-state index is -4.49. The first kappa shape index (κ1) is 15.3. The maximum atomic E-state index is 12.5. The Kier molecular flexibility index (Phi) is 4.77. The van der Waals surface area contributed by atoms with Crippen molar-refractivity contribution in [2.45, 2.75) is 6.18 Å². The van der Waals surface area contributed by atoms with Crippen molar-refractivity contribution in [3.8, 4) is 0 Å². The van der Waals surface area contributed by atoms with Crippen LogP contribution in [-0.4, -0.2) is 38.0 Å². The Morgan fingerprint density at radius 2 is 2.00 bits per heavy atom. The number of rotatable bonds is 4. The lowest BCUT2D eigenvalue weighted by atomic mass is 10.1. The summed E-state index contributed by atoms with van der Waals surface area (Å²) in [4.78, 5) is 13.6. The van der Waals surface area contributed by atoms with E-state index in [0.717, 1.165) is 18.2 Å². The van der Waals surface area contributed by atoms with E-state index in [4.69, 9.17) is 5.73 Å². The summed E-state index contributed by atoms with van der Waals surface area (Å²) in [7, 11) is 3.65. The van der Waals surface area contributed by atoms with E-state index < -0.39 is 17.6 Å². The number of nitrogens with one attached hydrogen (secondary N) is 1. The third-order valence-corrected chi connectivity index (χ3v) is 2.47. The number of likely N-dealkylation sites (N-methyl/N-ethyl adjacent to an activating group) is 1. The quantitative estimate of drug-likeness (QED) is 0.820. The Morgan fingerprint density at radius 1 is 1.37 bits per heavy atom. The molecule has 3 N–H and O–H groups in total. The van der Waals surface area contributed by atoms with E-state index in [2.05, 4.69) is 5.32 Å². The molecular weight excluding hydrogens is 259 g/mol. The van der Waals surface area contributed by atoms with Gasteiger partial charge in [0.1, 0.15) is 0 Å². The van der Waals surface area contributed by atoms with Crippen LogP contribution in [0.15, 0.2) is 18.2 Å².